The lowest BCUT2D eigenvalue weighted by molar-refractivity contribution is -0.385. The van der Waals surface area contributed by atoms with Crippen LogP contribution in [0.3, 0.4) is 0 Å². The minimum atomic E-state index is -1.11. The average Bonchev–Trinajstić information content (AvgIpc) is 2.80. The van der Waals surface area contributed by atoms with Gasteiger partial charge in [-0.3, -0.25) is 19.7 Å². The number of nitrogens with zero attached hydrogens (tertiary/aromatic N) is 4. The quantitative estimate of drug-likeness (QED) is 0.620. The van der Waals surface area contributed by atoms with Gasteiger partial charge in [-0.25, -0.2) is 4.39 Å². The van der Waals surface area contributed by atoms with Crippen molar-refractivity contribution in [3.05, 3.63) is 28.6 Å². The number of hydrogen-bond acceptors (Lipinski definition) is 5. The van der Waals surface area contributed by atoms with Gasteiger partial charge in [-0.05, 0) is 12.5 Å². The molecule has 1 aromatic rings. The van der Waals surface area contributed by atoms with Crippen LogP contribution < -0.4 is 0 Å². The maximum absolute atomic E-state index is 14.5. The number of likely N-dealkylation sites (tertiary alicyclic amines) is 1. The van der Waals surface area contributed by atoms with E-state index >= 15 is 0 Å². The van der Waals surface area contributed by atoms with Crippen LogP contribution in [0, 0.1) is 10.1 Å². The third-order valence-electron chi connectivity index (χ3n) is 4.19. The van der Waals surface area contributed by atoms with Crippen LogP contribution in [0.1, 0.15) is 18.2 Å². The van der Waals surface area contributed by atoms with E-state index in [-0.39, 0.29) is 11.4 Å². The molecule has 0 radical (unpaired) electrons. The highest BCUT2D eigenvalue weighted by Crippen LogP contribution is 2.31. The maximum Gasteiger partial charge on any atom is 0.314 e. The first-order valence-electron chi connectivity index (χ1n) is 6.92. The second-order valence-corrected chi connectivity index (χ2v) is 5.38. The van der Waals surface area contributed by atoms with Crippen LogP contribution in [0.25, 0.3) is 6.08 Å². The minimum absolute atomic E-state index is 0.132. The van der Waals surface area contributed by atoms with Gasteiger partial charge in [0.2, 0.25) is 0 Å². The van der Waals surface area contributed by atoms with Gasteiger partial charge in [-0.2, -0.15) is 5.10 Å². The lowest BCUT2D eigenvalue weighted by Gasteiger charge is -2.42. The van der Waals surface area contributed by atoms with Gasteiger partial charge in [0.15, 0.2) is 0 Å². The van der Waals surface area contributed by atoms with Crippen LogP contribution >= 0.6 is 0 Å². The van der Waals surface area contributed by atoms with Crippen LogP contribution in [-0.2, 0) is 4.74 Å². The van der Waals surface area contributed by atoms with E-state index in [1.807, 2.05) is 0 Å². The summed E-state index contributed by atoms with van der Waals surface area (Å²) in [5.41, 5.74) is 0.139. The fourth-order valence-corrected chi connectivity index (χ4v) is 2.92. The second kappa shape index (κ2) is 5.53. The standard InChI is InChI=1S/C13H17FN4O3/c1-2-11-13(18(19)20)5-15-17(11)12-3-4-16(6-10(12)14)9-7-21-8-9/h2,5,9-10,12H,1,3-4,6-8H2/t10-,12-/m1/s1. The van der Waals surface area contributed by atoms with Gasteiger partial charge in [0.05, 0.1) is 30.2 Å². The van der Waals surface area contributed by atoms with Crippen LogP contribution in [0.15, 0.2) is 12.8 Å². The molecule has 0 aliphatic carbocycles. The summed E-state index contributed by atoms with van der Waals surface area (Å²) in [7, 11) is 0. The number of ether oxygens (including phenoxy) is 1. The molecule has 0 bridgehead atoms. The zero-order chi connectivity index (χ0) is 15.0. The van der Waals surface area contributed by atoms with E-state index in [1.54, 1.807) is 0 Å². The van der Waals surface area contributed by atoms with Crippen LogP contribution in [-0.4, -0.2) is 58.1 Å². The van der Waals surface area contributed by atoms with Gasteiger partial charge in [-0.15, -0.1) is 0 Å². The van der Waals surface area contributed by atoms with Crippen LogP contribution in [0.4, 0.5) is 10.1 Å². The molecule has 7 nitrogen and oxygen atoms in total. The number of halogens is 1. The number of piperidine rings is 1. The fourth-order valence-electron chi connectivity index (χ4n) is 2.92. The third kappa shape index (κ3) is 2.44. The Morgan fingerprint density at radius 1 is 1.57 bits per heavy atom. The normalized spacial score (nSPS) is 27.3. The Morgan fingerprint density at radius 3 is 2.86 bits per heavy atom. The molecule has 8 heteroatoms. The molecule has 2 atom stereocenters. The molecule has 21 heavy (non-hydrogen) atoms. The summed E-state index contributed by atoms with van der Waals surface area (Å²) in [6.45, 7) is 5.94. The van der Waals surface area contributed by atoms with E-state index < -0.39 is 17.1 Å². The van der Waals surface area contributed by atoms with Crippen molar-refractivity contribution in [2.75, 3.05) is 26.3 Å². The maximum atomic E-state index is 14.5. The van der Waals surface area contributed by atoms with Crippen molar-refractivity contribution in [3.8, 4) is 0 Å². The summed E-state index contributed by atoms with van der Waals surface area (Å²) in [6, 6.07) is -0.182. The van der Waals surface area contributed by atoms with Crippen molar-refractivity contribution in [2.45, 2.75) is 24.7 Å². The van der Waals surface area contributed by atoms with Crippen molar-refractivity contribution < 1.29 is 14.1 Å². The first-order chi connectivity index (χ1) is 10.1. The summed E-state index contributed by atoms with van der Waals surface area (Å²) in [5, 5.41) is 14.9. The highest BCUT2D eigenvalue weighted by atomic mass is 19.1. The zero-order valence-electron chi connectivity index (χ0n) is 11.5. The van der Waals surface area contributed by atoms with Gasteiger partial charge in [0, 0.05) is 13.1 Å². The SMILES string of the molecule is C=Cc1c([N+](=O)[O-])cnn1[C@@H]1CCN(C2COC2)C[C@H]1F. The van der Waals surface area contributed by atoms with Gasteiger partial charge in [0.1, 0.15) is 18.1 Å². The molecule has 0 unspecified atom stereocenters. The first-order valence-corrected chi connectivity index (χ1v) is 6.92. The van der Waals surface area contributed by atoms with Crippen molar-refractivity contribution in [3.63, 3.8) is 0 Å². The predicted molar refractivity (Wildman–Crippen MR) is 73.7 cm³/mol. The molecule has 2 saturated heterocycles. The molecule has 3 heterocycles. The van der Waals surface area contributed by atoms with E-state index in [0.717, 1.165) is 12.7 Å². The largest absolute Gasteiger partial charge is 0.378 e. The summed E-state index contributed by atoms with van der Waals surface area (Å²) >= 11 is 0. The molecule has 2 fully saturated rings. The summed E-state index contributed by atoms with van der Waals surface area (Å²) in [4.78, 5) is 12.5. The van der Waals surface area contributed by atoms with Gasteiger partial charge >= 0.3 is 5.69 Å². The van der Waals surface area contributed by atoms with Crippen molar-refractivity contribution in [1.82, 2.24) is 14.7 Å². The monoisotopic (exact) mass is 296 g/mol. The molecule has 114 valence electrons. The molecule has 0 amide bonds. The number of rotatable bonds is 4. The lowest BCUT2D eigenvalue weighted by atomic mass is 10.0. The zero-order valence-corrected chi connectivity index (χ0v) is 11.5. The van der Waals surface area contributed by atoms with E-state index in [9.17, 15) is 14.5 Å². The van der Waals surface area contributed by atoms with Gasteiger partial charge in [0.25, 0.3) is 0 Å². The van der Waals surface area contributed by atoms with E-state index in [1.165, 1.54) is 10.8 Å². The molecule has 3 rings (SSSR count). The Kier molecular flexibility index (Phi) is 3.73. The number of hydrogen-bond donors (Lipinski definition) is 0. The number of aromatic nitrogens is 2. The highest BCUT2D eigenvalue weighted by molar-refractivity contribution is 5.55. The molecule has 0 spiro atoms. The molecule has 2 aliphatic rings. The summed E-state index contributed by atoms with van der Waals surface area (Å²) in [6.07, 6.45) is 1.98. The smallest absolute Gasteiger partial charge is 0.314 e. The molecular formula is C13H17FN4O3. The van der Waals surface area contributed by atoms with E-state index in [4.69, 9.17) is 4.74 Å². The highest BCUT2D eigenvalue weighted by Gasteiger charge is 2.37. The fraction of sp³-hybridized carbons (Fsp3) is 0.615. The van der Waals surface area contributed by atoms with Gasteiger partial charge < -0.3 is 4.74 Å². The lowest BCUT2D eigenvalue weighted by Crippen LogP contribution is -2.55. The van der Waals surface area contributed by atoms with Crippen molar-refractivity contribution in [1.29, 1.82) is 0 Å². The molecular weight excluding hydrogens is 279 g/mol. The Balaban J connectivity index is 1.78. The Hall–Kier alpha value is -1.80. The van der Waals surface area contributed by atoms with E-state index in [2.05, 4.69) is 16.6 Å². The minimum Gasteiger partial charge on any atom is -0.378 e. The molecule has 1 aromatic heterocycles. The number of nitro groups is 1. The molecule has 0 aromatic carbocycles. The Morgan fingerprint density at radius 2 is 2.33 bits per heavy atom. The van der Waals surface area contributed by atoms with E-state index in [0.29, 0.717) is 32.2 Å². The van der Waals surface area contributed by atoms with Crippen LogP contribution in [0.5, 0.6) is 0 Å². The number of alkyl halides is 1. The Bertz CT molecular complexity index is 558. The van der Waals surface area contributed by atoms with Gasteiger partial charge in [-0.1, -0.05) is 6.58 Å². The molecule has 0 N–H and O–H groups in total. The molecule has 0 saturated carbocycles. The average molecular weight is 296 g/mol. The second-order valence-electron chi connectivity index (χ2n) is 5.38. The van der Waals surface area contributed by atoms with Crippen LogP contribution in [0.2, 0.25) is 0 Å². The summed E-state index contributed by atoms with van der Waals surface area (Å²) in [5.74, 6) is 0. The molecule has 2 aliphatic heterocycles. The summed E-state index contributed by atoms with van der Waals surface area (Å²) < 4.78 is 21.0. The predicted octanol–water partition coefficient (Wildman–Crippen LogP) is 1.42. The van der Waals surface area contributed by atoms with Crippen molar-refractivity contribution in [2.24, 2.45) is 0 Å². The van der Waals surface area contributed by atoms with Crippen molar-refractivity contribution >= 4 is 11.8 Å². The Labute approximate surface area is 121 Å². The third-order valence-corrected chi connectivity index (χ3v) is 4.19. The topological polar surface area (TPSA) is 73.4 Å². The first kappa shape index (κ1) is 14.2.